The number of aliphatic imine (C=N–C) groups is 1. The lowest BCUT2D eigenvalue weighted by molar-refractivity contribution is -0.123. The first-order chi connectivity index (χ1) is 9.56. The zero-order valence-electron chi connectivity index (χ0n) is 13.2. The summed E-state index contributed by atoms with van der Waals surface area (Å²) in [6, 6.07) is 0.212. The van der Waals surface area contributed by atoms with E-state index in [2.05, 4.69) is 33.1 Å². The fourth-order valence-corrected chi connectivity index (χ4v) is 2.34. The number of rotatable bonds is 6. The Kier molecular flexibility index (Phi) is 7.30. The van der Waals surface area contributed by atoms with Crippen LogP contribution in [0.2, 0.25) is 0 Å². The maximum atomic E-state index is 11.7. The molecule has 1 N–H and O–H groups in total. The van der Waals surface area contributed by atoms with E-state index in [-0.39, 0.29) is 11.9 Å². The van der Waals surface area contributed by atoms with E-state index < -0.39 is 0 Å². The van der Waals surface area contributed by atoms with Gasteiger partial charge in [0.25, 0.3) is 0 Å². The summed E-state index contributed by atoms with van der Waals surface area (Å²) in [7, 11) is 1.80. The van der Waals surface area contributed by atoms with Gasteiger partial charge in [0, 0.05) is 45.5 Å². The number of carbonyl (C=O) groups excluding carboxylic acids is 1. The van der Waals surface area contributed by atoms with Crippen LogP contribution >= 0.6 is 0 Å². The highest BCUT2D eigenvalue weighted by Crippen LogP contribution is 2.09. The van der Waals surface area contributed by atoms with Crippen LogP contribution in [0.1, 0.15) is 27.2 Å². The van der Waals surface area contributed by atoms with Crippen molar-refractivity contribution in [2.24, 2.45) is 4.99 Å². The molecule has 0 aromatic rings. The Morgan fingerprint density at radius 1 is 1.30 bits per heavy atom. The van der Waals surface area contributed by atoms with Crippen LogP contribution < -0.4 is 5.32 Å². The van der Waals surface area contributed by atoms with Crippen molar-refractivity contribution in [3.63, 3.8) is 0 Å². The second-order valence-electron chi connectivity index (χ2n) is 5.41. The van der Waals surface area contributed by atoms with E-state index in [0.29, 0.717) is 6.54 Å². The Morgan fingerprint density at radius 2 is 1.95 bits per heavy atom. The van der Waals surface area contributed by atoms with Crippen LogP contribution in [0.3, 0.4) is 0 Å². The zero-order chi connectivity index (χ0) is 15.0. The van der Waals surface area contributed by atoms with Gasteiger partial charge in [0.2, 0.25) is 5.91 Å². The highest BCUT2D eigenvalue weighted by atomic mass is 16.2. The average Bonchev–Trinajstić information content (AvgIpc) is 2.38. The van der Waals surface area contributed by atoms with Gasteiger partial charge in [-0.3, -0.25) is 14.7 Å². The molecule has 0 atom stereocenters. The summed E-state index contributed by atoms with van der Waals surface area (Å²) < 4.78 is 0. The second-order valence-corrected chi connectivity index (χ2v) is 5.41. The van der Waals surface area contributed by atoms with E-state index in [1.807, 2.05) is 20.1 Å². The zero-order valence-corrected chi connectivity index (χ0v) is 13.2. The van der Waals surface area contributed by atoms with Crippen LogP contribution in [-0.2, 0) is 4.79 Å². The number of amides is 1. The summed E-state index contributed by atoms with van der Waals surface area (Å²) in [6.07, 6.45) is 5.14. The molecule has 5 heteroatoms. The largest absolute Gasteiger partial charge is 0.368 e. The maximum Gasteiger partial charge on any atom is 0.234 e. The van der Waals surface area contributed by atoms with E-state index in [4.69, 9.17) is 0 Å². The highest BCUT2D eigenvalue weighted by molar-refractivity contribution is 5.78. The molecule has 1 amide bonds. The van der Waals surface area contributed by atoms with Crippen LogP contribution in [0.15, 0.2) is 16.8 Å². The fraction of sp³-hybridized carbons (Fsp3) is 0.733. The maximum absolute atomic E-state index is 11.7. The van der Waals surface area contributed by atoms with Gasteiger partial charge in [0.15, 0.2) is 0 Å². The summed E-state index contributed by atoms with van der Waals surface area (Å²) in [5.74, 6) is 0.118. The first kappa shape index (κ1) is 16.7. The fourth-order valence-electron chi connectivity index (χ4n) is 2.34. The molecule has 1 heterocycles. The van der Waals surface area contributed by atoms with E-state index in [1.165, 1.54) is 5.70 Å². The summed E-state index contributed by atoms with van der Waals surface area (Å²) in [6.45, 7) is 10.4. The standard InChI is InChI=1S/C15H28N4O/c1-5-6-14(11-16-4)19-9-7-18(8-10-19)12-15(20)17-13(2)3/h6,11,13H,5,7-10,12H2,1-4H3,(H,17,20)/b14-6+,16-11?. The highest BCUT2D eigenvalue weighted by Gasteiger charge is 2.19. The summed E-state index contributed by atoms with van der Waals surface area (Å²) in [5.41, 5.74) is 1.20. The summed E-state index contributed by atoms with van der Waals surface area (Å²) >= 11 is 0. The third kappa shape index (κ3) is 5.74. The van der Waals surface area contributed by atoms with Gasteiger partial charge in [0.1, 0.15) is 0 Å². The number of piperazine rings is 1. The summed E-state index contributed by atoms with van der Waals surface area (Å²) in [5, 5.41) is 2.94. The average molecular weight is 280 g/mol. The van der Waals surface area contributed by atoms with E-state index in [9.17, 15) is 4.79 Å². The molecule has 1 fully saturated rings. The lowest BCUT2D eigenvalue weighted by Gasteiger charge is -2.36. The molecular weight excluding hydrogens is 252 g/mol. The smallest absolute Gasteiger partial charge is 0.234 e. The molecule has 0 aliphatic carbocycles. The predicted molar refractivity (Wildman–Crippen MR) is 84.1 cm³/mol. The van der Waals surface area contributed by atoms with Crippen molar-refractivity contribution in [3.05, 3.63) is 11.8 Å². The Balaban J connectivity index is 2.43. The Bertz CT molecular complexity index is 355. The number of hydrogen-bond donors (Lipinski definition) is 1. The normalized spacial score (nSPS) is 18.1. The van der Waals surface area contributed by atoms with Crippen molar-refractivity contribution in [1.29, 1.82) is 0 Å². The van der Waals surface area contributed by atoms with Gasteiger partial charge in [-0.05, 0) is 20.3 Å². The predicted octanol–water partition coefficient (Wildman–Crippen LogP) is 1.12. The quantitative estimate of drug-likeness (QED) is 0.742. The number of nitrogens with one attached hydrogen (secondary N) is 1. The molecule has 20 heavy (non-hydrogen) atoms. The second kappa shape index (κ2) is 8.74. The third-order valence-corrected chi connectivity index (χ3v) is 3.23. The minimum atomic E-state index is 0.118. The minimum absolute atomic E-state index is 0.118. The number of allylic oxidation sites excluding steroid dienone is 2. The molecule has 0 aromatic carbocycles. The number of carbonyl (C=O) groups is 1. The topological polar surface area (TPSA) is 47.9 Å². The van der Waals surface area contributed by atoms with Crippen molar-refractivity contribution in [1.82, 2.24) is 15.1 Å². The first-order valence-corrected chi connectivity index (χ1v) is 7.45. The van der Waals surface area contributed by atoms with Crippen LogP contribution in [0.25, 0.3) is 0 Å². The lowest BCUT2D eigenvalue weighted by atomic mass is 10.2. The van der Waals surface area contributed by atoms with Crippen molar-refractivity contribution < 1.29 is 4.79 Å². The molecule has 114 valence electrons. The van der Waals surface area contributed by atoms with Gasteiger partial charge in [-0.25, -0.2) is 0 Å². The van der Waals surface area contributed by atoms with E-state index >= 15 is 0 Å². The van der Waals surface area contributed by atoms with Crippen molar-refractivity contribution in [3.8, 4) is 0 Å². The lowest BCUT2D eigenvalue weighted by Crippen LogP contribution is -2.49. The molecule has 0 saturated carbocycles. The van der Waals surface area contributed by atoms with Crippen molar-refractivity contribution in [2.75, 3.05) is 39.8 Å². The van der Waals surface area contributed by atoms with Crippen LogP contribution in [0, 0.1) is 0 Å². The molecule has 0 unspecified atom stereocenters. The van der Waals surface area contributed by atoms with E-state index in [0.717, 1.165) is 32.6 Å². The van der Waals surface area contributed by atoms with Gasteiger partial charge in [-0.15, -0.1) is 0 Å². The third-order valence-electron chi connectivity index (χ3n) is 3.23. The SMILES string of the molecule is CC/C=C(\C=NC)N1CCN(CC(=O)NC(C)C)CC1. The molecule has 0 bridgehead atoms. The molecule has 5 nitrogen and oxygen atoms in total. The molecule has 1 aliphatic rings. The van der Waals surface area contributed by atoms with Crippen LogP contribution in [0.4, 0.5) is 0 Å². The molecular formula is C15H28N4O. The van der Waals surface area contributed by atoms with Crippen LogP contribution in [0.5, 0.6) is 0 Å². The van der Waals surface area contributed by atoms with Gasteiger partial charge in [-0.1, -0.05) is 13.0 Å². The van der Waals surface area contributed by atoms with Gasteiger partial charge < -0.3 is 10.2 Å². The Labute approximate surface area is 122 Å². The minimum Gasteiger partial charge on any atom is -0.368 e. The molecule has 0 spiro atoms. The molecule has 1 rings (SSSR count). The van der Waals surface area contributed by atoms with Gasteiger partial charge in [-0.2, -0.15) is 0 Å². The van der Waals surface area contributed by atoms with Crippen molar-refractivity contribution >= 4 is 12.1 Å². The molecule has 1 saturated heterocycles. The molecule has 1 aliphatic heterocycles. The van der Waals surface area contributed by atoms with Gasteiger partial charge >= 0.3 is 0 Å². The summed E-state index contributed by atoms with van der Waals surface area (Å²) in [4.78, 5) is 20.4. The Morgan fingerprint density at radius 3 is 2.45 bits per heavy atom. The monoisotopic (exact) mass is 280 g/mol. The van der Waals surface area contributed by atoms with Gasteiger partial charge in [0.05, 0.1) is 12.2 Å². The number of nitrogens with zero attached hydrogens (tertiary/aromatic N) is 3. The number of hydrogen-bond acceptors (Lipinski definition) is 4. The van der Waals surface area contributed by atoms with Crippen LogP contribution in [-0.4, -0.2) is 67.7 Å². The molecule has 0 aromatic heterocycles. The Hall–Kier alpha value is -1.36. The molecule has 0 radical (unpaired) electrons. The first-order valence-electron chi connectivity index (χ1n) is 7.45. The van der Waals surface area contributed by atoms with E-state index in [1.54, 1.807) is 7.05 Å². The van der Waals surface area contributed by atoms with Crippen molar-refractivity contribution in [2.45, 2.75) is 33.2 Å².